The molecule has 48 heavy (non-hydrogen) atoms. The number of aliphatic carboxylic acids is 1. The maximum absolute atomic E-state index is 13.6. The van der Waals surface area contributed by atoms with Gasteiger partial charge in [0, 0.05) is 25.1 Å². The Morgan fingerprint density at radius 1 is 1.06 bits per heavy atom. The highest BCUT2D eigenvalue weighted by Gasteiger charge is 2.42. The molecule has 1 saturated heterocycles. The molecular formula is C35H40F4N4O5. The second-order valence-electron chi connectivity index (χ2n) is 12.7. The Balaban J connectivity index is 1.44. The average molecular weight is 673 g/mol. The Morgan fingerprint density at radius 3 is 2.35 bits per heavy atom. The first kappa shape index (κ1) is 35.1. The van der Waals surface area contributed by atoms with Gasteiger partial charge in [-0.2, -0.15) is 13.2 Å². The maximum Gasteiger partial charge on any atom is 0.416 e. The quantitative estimate of drug-likeness (QED) is 0.193. The third kappa shape index (κ3) is 8.05. The molecule has 9 nitrogen and oxygen atoms in total. The number of hydrogen-bond acceptors (Lipinski definition) is 7. The fourth-order valence-electron chi connectivity index (χ4n) is 6.70. The van der Waals surface area contributed by atoms with Gasteiger partial charge >= 0.3 is 18.2 Å². The number of halogens is 4. The molecule has 1 unspecified atom stereocenters. The molecule has 5 rings (SSSR count). The van der Waals surface area contributed by atoms with Crippen molar-refractivity contribution < 1.29 is 42.1 Å². The van der Waals surface area contributed by atoms with E-state index in [4.69, 9.17) is 14.7 Å². The van der Waals surface area contributed by atoms with Crippen LogP contribution in [0, 0.1) is 11.8 Å². The lowest BCUT2D eigenvalue weighted by Gasteiger charge is -2.33. The molecule has 0 spiro atoms. The normalized spacial score (nSPS) is 21.3. The number of carbonyl (C=O) groups is 2. The van der Waals surface area contributed by atoms with E-state index in [0.29, 0.717) is 36.2 Å². The zero-order valence-electron chi connectivity index (χ0n) is 26.9. The van der Waals surface area contributed by atoms with Crippen molar-refractivity contribution in [3.05, 3.63) is 76.6 Å². The molecule has 2 heterocycles. The first-order chi connectivity index (χ1) is 22.9. The number of benzene rings is 2. The summed E-state index contributed by atoms with van der Waals surface area (Å²) in [4.78, 5) is 37.7. The van der Waals surface area contributed by atoms with E-state index in [0.717, 1.165) is 48.9 Å². The minimum atomic E-state index is -4.70. The first-order valence-electron chi connectivity index (χ1n) is 16.2. The van der Waals surface area contributed by atoms with Crippen LogP contribution in [0.4, 0.5) is 28.2 Å². The lowest BCUT2D eigenvalue weighted by molar-refractivity contribution is -0.139. The minimum absolute atomic E-state index is 0.0435. The van der Waals surface area contributed by atoms with Crippen LogP contribution >= 0.6 is 0 Å². The Bertz CT molecular complexity index is 1590. The molecule has 2 aromatic carbocycles. The van der Waals surface area contributed by atoms with Gasteiger partial charge in [0.1, 0.15) is 18.5 Å². The number of amides is 1. The number of cyclic esters (lactones) is 1. The fourth-order valence-corrected chi connectivity index (χ4v) is 6.70. The predicted molar refractivity (Wildman–Crippen MR) is 169 cm³/mol. The van der Waals surface area contributed by atoms with Gasteiger partial charge in [-0.15, -0.1) is 0 Å². The number of alkyl halides is 4. The molecule has 2 atom stereocenters. The van der Waals surface area contributed by atoms with Crippen LogP contribution in [0.1, 0.15) is 80.0 Å². The number of hydrogen-bond donors (Lipinski definition) is 2. The molecule has 0 bridgehead atoms. The standard InChI is InChI=1S/C35H40F4N4O5/c1-3-42(18-23-6-4-22(5-7-23)14-31(45)46)33-30(41-29(17-40-33)26-10-8-24(20-44)9-11-26)19-43-21(2)32(48-34(43)47)27-12-25(16-36)13-28(15-27)35(37,38)39/h8-13,15,17,21-23,32,44H,3-7,14,16,18-20H2,1-2H3,(H,45,46)/t21-,22-,23-,32?/m0/s1. The largest absolute Gasteiger partial charge is 0.481 e. The second-order valence-corrected chi connectivity index (χ2v) is 12.7. The molecule has 1 amide bonds. The molecule has 1 aliphatic carbocycles. The number of carbonyl (C=O) groups excluding carboxylic acids is 1. The molecule has 1 saturated carbocycles. The Labute approximate surface area is 276 Å². The summed E-state index contributed by atoms with van der Waals surface area (Å²) < 4.78 is 60.0. The third-order valence-electron chi connectivity index (χ3n) is 9.38. The number of anilines is 1. The molecule has 1 aliphatic heterocycles. The SMILES string of the molecule is CCN(C[C@H]1CC[C@H](CC(=O)O)CC1)c1ncc(-c2ccc(CO)cc2)nc1CN1C(=O)OC(c2cc(CF)cc(C(F)(F)F)c2)[C@@H]1C. The summed E-state index contributed by atoms with van der Waals surface area (Å²) in [5.74, 6) is 0.241. The molecule has 2 fully saturated rings. The van der Waals surface area contributed by atoms with E-state index in [9.17, 15) is 37.4 Å². The van der Waals surface area contributed by atoms with E-state index in [1.165, 1.54) is 11.0 Å². The van der Waals surface area contributed by atoms with Gasteiger partial charge in [-0.25, -0.2) is 19.2 Å². The number of aliphatic hydroxyl groups excluding tert-OH is 1. The molecule has 13 heteroatoms. The predicted octanol–water partition coefficient (Wildman–Crippen LogP) is 7.31. The van der Waals surface area contributed by atoms with E-state index in [1.54, 1.807) is 25.3 Å². The highest BCUT2D eigenvalue weighted by Crippen LogP contribution is 2.39. The van der Waals surface area contributed by atoms with Crippen molar-refractivity contribution in [3.63, 3.8) is 0 Å². The highest BCUT2D eigenvalue weighted by molar-refractivity contribution is 5.71. The number of ether oxygens (including phenoxy) is 1. The van der Waals surface area contributed by atoms with Crippen LogP contribution in [0.3, 0.4) is 0 Å². The molecule has 0 radical (unpaired) electrons. The van der Waals surface area contributed by atoms with Crippen molar-refractivity contribution in [2.45, 2.75) is 84.1 Å². The van der Waals surface area contributed by atoms with Crippen molar-refractivity contribution in [1.82, 2.24) is 14.9 Å². The average Bonchev–Trinajstić information content (AvgIpc) is 3.35. The van der Waals surface area contributed by atoms with Crippen molar-refractivity contribution >= 4 is 17.9 Å². The van der Waals surface area contributed by atoms with Crippen LogP contribution < -0.4 is 4.90 Å². The van der Waals surface area contributed by atoms with Crippen LogP contribution in [0.5, 0.6) is 0 Å². The topological polar surface area (TPSA) is 116 Å². The smallest absolute Gasteiger partial charge is 0.416 e. The van der Waals surface area contributed by atoms with Crippen LogP contribution in [0.15, 0.2) is 48.7 Å². The number of nitrogens with zero attached hydrogens (tertiary/aromatic N) is 4. The summed E-state index contributed by atoms with van der Waals surface area (Å²) in [5, 5.41) is 18.7. The molecule has 258 valence electrons. The highest BCUT2D eigenvalue weighted by atomic mass is 19.4. The van der Waals surface area contributed by atoms with Gasteiger partial charge in [0.2, 0.25) is 0 Å². The van der Waals surface area contributed by atoms with Gasteiger partial charge in [0.25, 0.3) is 0 Å². The van der Waals surface area contributed by atoms with E-state index < -0.39 is 42.6 Å². The maximum atomic E-state index is 13.6. The van der Waals surface area contributed by atoms with Gasteiger partial charge in [0.15, 0.2) is 5.82 Å². The second kappa shape index (κ2) is 14.9. The minimum Gasteiger partial charge on any atom is -0.481 e. The molecule has 1 aromatic heterocycles. The van der Waals surface area contributed by atoms with Crippen LogP contribution in [-0.4, -0.2) is 56.3 Å². The molecule has 3 aromatic rings. The summed E-state index contributed by atoms with van der Waals surface area (Å²) in [5.41, 5.74) is 1.35. The Morgan fingerprint density at radius 2 is 1.75 bits per heavy atom. The van der Waals surface area contributed by atoms with Gasteiger partial charge < -0.3 is 19.8 Å². The van der Waals surface area contributed by atoms with Crippen molar-refractivity contribution in [2.24, 2.45) is 11.8 Å². The monoisotopic (exact) mass is 672 g/mol. The Hall–Kier alpha value is -4.26. The lowest BCUT2D eigenvalue weighted by atomic mass is 9.80. The van der Waals surface area contributed by atoms with Crippen molar-refractivity contribution in [3.8, 4) is 11.3 Å². The third-order valence-corrected chi connectivity index (χ3v) is 9.38. The van der Waals surface area contributed by atoms with Gasteiger partial charge in [-0.3, -0.25) is 9.69 Å². The summed E-state index contributed by atoms with van der Waals surface area (Å²) in [6.07, 6.45) is -1.29. The van der Waals surface area contributed by atoms with E-state index in [2.05, 4.69) is 4.90 Å². The summed E-state index contributed by atoms with van der Waals surface area (Å²) in [7, 11) is 0. The number of aliphatic hydroxyl groups is 1. The Kier molecular flexibility index (Phi) is 10.9. The zero-order chi connectivity index (χ0) is 34.6. The first-order valence-corrected chi connectivity index (χ1v) is 16.2. The van der Waals surface area contributed by atoms with Crippen LogP contribution in [0.25, 0.3) is 11.3 Å². The summed E-state index contributed by atoms with van der Waals surface area (Å²) >= 11 is 0. The van der Waals surface area contributed by atoms with Gasteiger partial charge in [-0.05, 0) is 86.3 Å². The van der Waals surface area contributed by atoms with Crippen molar-refractivity contribution in [2.75, 3.05) is 18.0 Å². The number of rotatable bonds is 12. The lowest BCUT2D eigenvalue weighted by Crippen LogP contribution is -2.36. The number of aromatic nitrogens is 2. The van der Waals surface area contributed by atoms with E-state index in [1.807, 2.05) is 19.1 Å². The van der Waals surface area contributed by atoms with Gasteiger partial charge in [0.05, 0.1) is 36.6 Å². The zero-order valence-corrected chi connectivity index (χ0v) is 26.9. The summed E-state index contributed by atoms with van der Waals surface area (Å²) in [6, 6.07) is 9.39. The molecule has 2 aliphatic rings. The van der Waals surface area contributed by atoms with E-state index >= 15 is 0 Å². The molecule has 2 N–H and O–H groups in total. The van der Waals surface area contributed by atoms with Crippen molar-refractivity contribution in [1.29, 1.82) is 0 Å². The fraction of sp³-hybridized carbons (Fsp3) is 0.486. The van der Waals surface area contributed by atoms with Gasteiger partial charge in [-0.1, -0.05) is 24.3 Å². The van der Waals surface area contributed by atoms with Crippen LogP contribution in [-0.2, 0) is 35.5 Å². The summed E-state index contributed by atoms with van der Waals surface area (Å²) in [6.45, 7) is 3.63. The van der Waals surface area contributed by atoms with Crippen LogP contribution in [0.2, 0.25) is 0 Å². The number of carboxylic acids is 1. The van der Waals surface area contributed by atoms with E-state index in [-0.39, 0.29) is 36.6 Å². The molecular weight excluding hydrogens is 632 g/mol. The number of carboxylic acid groups (broad SMARTS) is 1.